The van der Waals surface area contributed by atoms with Gasteiger partial charge in [-0.2, -0.15) is 9.61 Å². The number of thioether (sulfide) groups is 1. The second-order valence-corrected chi connectivity index (χ2v) is 10.5. The van der Waals surface area contributed by atoms with Gasteiger partial charge in [0.1, 0.15) is 5.01 Å². The normalized spacial score (nSPS) is 19.1. The summed E-state index contributed by atoms with van der Waals surface area (Å²) in [7, 11) is -2.92. The Morgan fingerprint density at radius 2 is 2.26 bits per heavy atom. The van der Waals surface area contributed by atoms with Crippen molar-refractivity contribution < 1.29 is 12.8 Å². The lowest BCUT2D eigenvalue weighted by Crippen LogP contribution is -2.15. The average molecular weight is 428 g/mol. The first kappa shape index (κ1) is 18.6. The van der Waals surface area contributed by atoms with E-state index in [1.165, 1.54) is 33.7 Å². The fourth-order valence-electron chi connectivity index (χ4n) is 2.91. The molecule has 3 aromatic rings. The molecule has 4 heterocycles. The van der Waals surface area contributed by atoms with Crippen LogP contribution in [0, 0.1) is 5.92 Å². The first-order valence-corrected chi connectivity index (χ1v) is 12.1. The number of aryl methyl sites for hydroxylation is 1. The van der Waals surface area contributed by atoms with Crippen molar-refractivity contribution >= 4 is 37.9 Å². The van der Waals surface area contributed by atoms with Crippen LogP contribution in [0.5, 0.6) is 0 Å². The summed E-state index contributed by atoms with van der Waals surface area (Å²) < 4.78 is 30.0. The molecule has 144 valence electrons. The summed E-state index contributed by atoms with van der Waals surface area (Å²) in [6.07, 6.45) is 1.86. The highest BCUT2D eigenvalue weighted by atomic mass is 32.2. The third kappa shape index (κ3) is 4.22. The van der Waals surface area contributed by atoms with E-state index >= 15 is 0 Å². The van der Waals surface area contributed by atoms with Crippen molar-refractivity contribution in [1.82, 2.24) is 24.8 Å². The summed E-state index contributed by atoms with van der Waals surface area (Å²) in [5, 5.41) is 13.4. The first-order chi connectivity index (χ1) is 12.9. The Kier molecular flexibility index (Phi) is 5.03. The van der Waals surface area contributed by atoms with Gasteiger partial charge in [-0.15, -0.1) is 10.2 Å². The number of fused-ring (bicyclic) bond motifs is 1. The molecule has 0 amide bonds. The van der Waals surface area contributed by atoms with E-state index in [2.05, 4.69) is 20.3 Å². The zero-order valence-corrected chi connectivity index (χ0v) is 16.9. The van der Waals surface area contributed by atoms with Crippen LogP contribution in [0.3, 0.4) is 0 Å². The van der Waals surface area contributed by atoms with Crippen LogP contribution in [0.15, 0.2) is 20.5 Å². The molecule has 0 bridgehead atoms. The van der Waals surface area contributed by atoms with E-state index in [0.29, 0.717) is 40.4 Å². The Labute approximate surface area is 163 Å². The third-order valence-electron chi connectivity index (χ3n) is 4.22. The molecular formula is C15H17N5O4S3. The largest absolute Gasteiger partial charge is 0.416 e. The maximum Gasteiger partial charge on any atom is 0.276 e. The van der Waals surface area contributed by atoms with E-state index in [-0.39, 0.29) is 23.0 Å². The molecule has 0 saturated carbocycles. The predicted molar refractivity (Wildman–Crippen MR) is 101 cm³/mol. The van der Waals surface area contributed by atoms with Gasteiger partial charge < -0.3 is 4.42 Å². The Bertz CT molecular complexity index is 1130. The van der Waals surface area contributed by atoms with E-state index in [4.69, 9.17) is 4.42 Å². The van der Waals surface area contributed by atoms with Crippen LogP contribution in [-0.4, -0.2) is 44.7 Å². The molecule has 4 rings (SSSR count). The molecule has 1 fully saturated rings. The molecule has 0 aliphatic carbocycles. The average Bonchev–Trinajstić information content (AvgIpc) is 3.32. The second kappa shape index (κ2) is 7.32. The Balaban J connectivity index is 1.41. The molecular weight excluding hydrogens is 410 g/mol. The van der Waals surface area contributed by atoms with Crippen molar-refractivity contribution in [3.8, 4) is 0 Å². The SMILES string of the molecule is CCc1nn2c(=O)cc(CSc3nnc(C[C@H]4CCS(=O)(=O)C4)o3)nc2s1. The van der Waals surface area contributed by atoms with Crippen LogP contribution in [0.4, 0.5) is 0 Å². The molecule has 3 aromatic heterocycles. The van der Waals surface area contributed by atoms with Crippen molar-refractivity contribution in [1.29, 1.82) is 0 Å². The number of aromatic nitrogens is 5. The van der Waals surface area contributed by atoms with Gasteiger partial charge in [-0.05, 0) is 18.8 Å². The van der Waals surface area contributed by atoms with Crippen LogP contribution in [-0.2, 0) is 28.4 Å². The van der Waals surface area contributed by atoms with Crippen LogP contribution in [0.1, 0.15) is 29.9 Å². The minimum absolute atomic E-state index is 0.0384. The van der Waals surface area contributed by atoms with Gasteiger partial charge in [0.25, 0.3) is 10.8 Å². The summed E-state index contributed by atoms with van der Waals surface area (Å²) in [5.41, 5.74) is 0.415. The topological polar surface area (TPSA) is 120 Å². The molecule has 0 unspecified atom stereocenters. The number of nitrogens with zero attached hydrogens (tertiary/aromatic N) is 5. The lowest BCUT2D eigenvalue weighted by molar-refractivity contribution is 0.389. The monoisotopic (exact) mass is 427 g/mol. The van der Waals surface area contributed by atoms with Crippen molar-refractivity contribution in [2.24, 2.45) is 5.92 Å². The second-order valence-electron chi connectivity index (χ2n) is 6.35. The van der Waals surface area contributed by atoms with Crippen molar-refractivity contribution in [2.75, 3.05) is 11.5 Å². The van der Waals surface area contributed by atoms with Gasteiger partial charge in [0, 0.05) is 18.2 Å². The fraction of sp³-hybridized carbons (Fsp3) is 0.533. The summed E-state index contributed by atoms with van der Waals surface area (Å²) in [5.74, 6) is 1.31. The van der Waals surface area contributed by atoms with E-state index in [1.807, 2.05) is 6.92 Å². The number of sulfone groups is 1. The standard InChI is InChI=1S/C15H17N5O4S3/c1-2-12-19-20-13(21)6-10(16-14(20)26-12)7-25-15-18-17-11(24-15)5-9-3-4-27(22,23)8-9/h6,9H,2-5,7-8H2,1H3/t9-/m1/s1. The van der Waals surface area contributed by atoms with E-state index < -0.39 is 9.84 Å². The van der Waals surface area contributed by atoms with Crippen molar-refractivity contribution in [2.45, 2.75) is 37.2 Å². The van der Waals surface area contributed by atoms with Gasteiger partial charge in [-0.25, -0.2) is 13.4 Å². The Hall–Kier alpha value is -1.79. The van der Waals surface area contributed by atoms with Gasteiger partial charge in [0.15, 0.2) is 9.84 Å². The van der Waals surface area contributed by atoms with Gasteiger partial charge >= 0.3 is 0 Å². The predicted octanol–water partition coefficient (Wildman–Crippen LogP) is 1.37. The first-order valence-electron chi connectivity index (χ1n) is 8.46. The number of rotatable bonds is 6. The quantitative estimate of drug-likeness (QED) is 0.537. The minimum Gasteiger partial charge on any atom is -0.416 e. The van der Waals surface area contributed by atoms with Crippen LogP contribution in [0.25, 0.3) is 4.96 Å². The highest BCUT2D eigenvalue weighted by Gasteiger charge is 2.29. The molecule has 0 aromatic carbocycles. The van der Waals surface area contributed by atoms with Gasteiger partial charge in [-0.3, -0.25) is 4.79 Å². The molecule has 27 heavy (non-hydrogen) atoms. The summed E-state index contributed by atoms with van der Waals surface area (Å²) >= 11 is 2.70. The number of hydrogen-bond donors (Lipinski definition) is 0. The van der Waals surface area contributed by atoms with Gasteiger partial charge in [-0.1, -0.05) is 30.0 Å². The highest BCUT2D eigenvalue weighted by molar-refractivity contribution is 7.98. The minimum atomic E-state index is -2.92. The van der Waals surface area contributed by atoms with Crippen LogP contribution in [0.2, 0.25) is 0 Å². The van der Waals surface area contributed by atoms with Crippen molar-refractivity contribution in [3.63, 3.8) is 0 Å². The lowest BCUT2D eigenvalue weighted by atomic mass is 10.1. The summed E-state index contributed by atoms with van der Waals surface area (Å²) in [4.78, 5) is 17.2. The molecule has 0 N–H and O–H groups in total. The van der Waals surface area contributed by atoms with E-state index in [1.54, 1.807) is 0 Å². The molecule has 12 heteroatoms. The maximum absolute atomic E-state index is 12.1. The molecule has 1 atom stereocenters. The van der Waals surface area contributed by atoms with Crippen molar-refractivity contribution in [3.05, 3.63) is 33.0 Å². The zero-order chi connectivity index (χ0) is 19.0. The summed E-state index contributed by atoms with van der Waals surface area (Å²) in [6.45, 7) is 1.98. The highest BCUT2D eigenvalue weighted by Crippen LogP contribution is 2.25. The summed E-state index contributed by atoms with van der Waals surface area (Å²) in [6, 6.07) is 1.46. The lowest BCUT2D eigenvalue weighted by Gasteiger charge is -2.01. The number of hydrogen-bond acceptors (Lipinski definition) is 10. The third-order valence-corrected chi connectivity index (χ3v) is 7.97. The zero-order valence-electron chi connectivity index (χ0n) is 14.5. The Morgan fingerprint density at radius 1 is 1.41 bits per heavy atom. The van der Waals surface area contributed by atoms with Gasteiger partial charge in [0.05, 0.1) is 17.2 Å². The van der Waals surface area contributed by atoms with Crippen LogP contribution < -0.4 is 5.56 Å². The molecule has 1 saturated heterocycles. The van der Waals surface area contributed by atoms with E-state index in [0.717, 1.165) is 11.4 Å². The fourth-order valence-corrected chi connectivity index (χ4v) is 6.30. The molecule has 0 radical (unpaired) electrons. The van der Waals surface area contributed by atoms with Crippen LogP contribution >= 0.6 is 23.1 Å². The molecule has 9 nitrogen and oxygen atoms in total. The Morgan fingerprint density at radius 3 is 3.00 bits per heavy atom. The maximum atomic E-state index is 12.1. The van der Waals surface area contributed by atoms with E-state index in [9.17, 15) is 13.2 Å². The molecule has 0 spiro atoms. The smallest absolute Gasteiger partial charge is 0.276 e. The molecule has 1 aliphatic rings. The molecule has 1 aliphatic heterocycles. The van der Waals surface area contributed by atoms with Gasteiger partial charge in [0.2, 0.25) is 10.9 Å².